The highest BCUT2D eigenvalue weighted by Gasteiger charge is 2.27. The van der Waals surface area contributed by atoms with Crippen LogP contribution in [0.3, 0.4) is 0 Å². The van der Waals surface area contributed by atoms with Gasteiger partial charge in [-0.2, -0.15) is 5.10 Å². The van der Waals surface area contributed by atoms with Crippen LogP contribution in [-0.4, -0.2) is 57.6 Å². The predicted octanol–water partition coefficient (Wildman–Crippen LogP) is 1.57. The van der Waals surface area contributed by atoms with Crippen molar-refractivity contribution in [3.63, 3.8) is 0 Å². The topological polar surface area (TPSA) is 58.4 Å². The van der Waals surface area contributed by atoms with Crippen LogP contribution in [-0.2, 0) is 11.3 Å². The van der Waals surface area contributed by atoms with Crippen molar-refractivity contribution in [2.24, 2.45) is 5.92 Å². The zero-order chi connectivity index (χ0) is 16.2. The highest BCUT2D eigenvalue weighted by molar-refractivity contribution is 7.12. The number of hydrogen-bond donors (Lipinski definition) is 0. The maximum Gasteiger partial charge on any atom is 0.264 e. The van der Waals surface area contributed by atoms with Gasteiger partial charge in [0.25, 0.3) is 5.91 Å². The Balaban J connectivity index is 1.52. The molecular weight excluding hydrogens is 312 g/mol. The lowest BCUT2D eigenvalue weighted by Gasteiger charge is -2.35. The summed E-state index contributed by atoms with van der Waals surface area (Å²) in [6, 6.07) is 5.58. The van der Waals surface area contributed by atoms with E-state index >= 15 is 0 Å². The van der Waals surface area contributed by atoms with E-state index in [0.717, 1.165) is 4.88 Å². The number of nitrogens with zero attached hydrogens (tertiary/aromatic N) is 4. The van der Waals surface area contributed by atoms with Crippen LogP contribution in [0, 0.1) is 5.92 Å². The summed E-state index contributed by atoms with van der Waals surface area (Å²) in [5.74, 6) is 0.0786. The molecule has 1 atom stereocenters. The molecule has 3 rings (SSSR count). The van der Waals surface area contributed by atoms with Crippen LogP contribution in [0.25, 0.3) is 0 Å². The van der Waals surface area contributed by atoms with Gasteiger partial charge in [-0.05, 0) is 17.5 Å². The van der Waals surface area contributed by atoms with Gasteiger partial charge in [-0.15, -0.1) is 11.3 Å². The SMILES string of the molecule is CC(Cn1cccn1)C(=O)N1CCN(C(=O)c2cccs2)CC1. The monoisotopic (exact) mass is 332 g/mol. The fourth-order valence-corrected chi connectivity index (χ4v) is 3.46. The molecule has 1 saturated heterocycles. The first-order chi connectivity index (χ1) is 11.1. The number of rotatable bonds is 4. The van der Waals surface area contributed by atoms with E-state index < -0.39 is 0 Å². The number of thiophene rings is 1. The standard InChI is InChI=1S/C16H20N4O2S/c1-13(12-20-6-3-5-17-20)15(21)18-7-9-19(10-8-18)16(22)14-4-2-11-23-14/h2-6,11,13H,7-10,12H2,1H3. The summed E-state index contributed by atoms with van der Waals surface area (Å²) in [7, 11) is 0. The number of amides is 2. The second-order valence-corrected chi connectivity index (χ2v) is 6.67. The largest absolute Gasteiger partial charge is 0.339 e. The quantitative estimate of drug-likeness (QED) is 0.854. The minimum atomic E-state index is -0.116. The summed E-state index contributed by atoms with van der Waals surface area (Å²) in [5.41, 5.74) is 0. The lowest BCUT2D eigenvalue weighted by molar-refractivity contribution is -0.137. The molecule has 2 amide bonds. The van der Waals surface area contributed by atoms with Gasteiger partial charge in [0, 0.05) is 38.6 Å². The van der Waals surface area contributed by atoms with Crippen LogP contribution in [0.2, 0.25) is 0 Å². The van der Waals surface area contributed by atoms with Gasteiger partial charge in [-0.1, -0.05) is 13.0 Å². The van der Waals surface area contributed by atoms with Gasteiger partial charge in [0.05, 0.1) is 17.3 Å². The van der Waals surface area contributed by atoms with Crippen molar-refractivity contribution in [3.8, 4) is 0 Å². The molecule has 122 valence electrons. The highest BCUT2D eigenvalue weighted by atomic mass is 32.1. The summed E-state index contributed by atoms with van der Waals surface area (Å²) >= 11 is 1.46. The number of carbonyl (C=O) groups is 2. The second-order valence-electron chi connectivity index (χ2n) is 5.72. The molecule has 6 nitrogen and oxygen atoms in total. The van der Waals surface area contributed by atoms with E-state index in [4.69, 9.17) is 0 Å². The molecule has 23 heavy (non-hydrogen) atoms. The predicted molar refractivity (Wildman–Crippen MR) is 88.2 cm³/mol. The van der Waals surface area contributed by atoms with Gasteiger partial charge >= 0.3 is 0 Å². The molecule has 7 heteroatoms. The van der Waals surface area contributed by atoms with Gasteiger partial charge in [-0.25, -0.2) is 0 Å². The maximum atomic E-state index is 12.5. The van der Waals surface area contributed by atoms with Crippen LogP contribution in [0.5, 0.6) is 0 Å². The van der Waals surface area contributed by atoms with Crippen LogP contribution >= 0.6 is 11.3 Å². The lowest BCUT2D eigenvalue weighted by Crippen LogP contribution is -2.52. The Hall–Kier alpha value is -2.15. The van der Waals surface area contributed by atoms with Crippen LogP contribution in [0.4, 0.5) is 0 Å². The van der Waals surface area contributed by atoms with Gasteiger partial charge < -0.3 is 9.80 Å². The van der Waals surface area contributed by atoms with Crippen molar-refractivity contribution in [3.05, 3.63) is 40.8 Å². The summed E-state index contributed by atoms with van der Waals surface area (Å²) < 4.78 is 1.78. The van der Waals surface area contributed by atoms with Gasteiger partial charge in [0.2, 0.25) is 5.91 Å². The fraction of sp³-hybridized carbons (Fsp3) is 0.438. The Labute approximate surface area is 139 Å². The molecule has 0 N–H and O–H groups in total. The maximum absolute atomic E-state index is 12.5. The summed E-state index contributed by atoms with van der Waals surface area (Å²) in [6.07, 6.45) is 3.58. The number of hydrogen-bond acceptors (Lipinski definition) is 4. The zero-order valence-electron chi connectivity index (χ0n) is 13.1. The minimum absolute atomic E-state index is 0.0664. The van der Waals surface area contributed by atoms with E-state index in [2.05, 4.69) is 5.10 Å². The minimum Gasteiger partial charge on any atom is -0.339 e. The van der Waals surface area contributed by atoms with E-state index in [1.807, 2.05) is 46.5 Å². The first-order valence-corrected chi connectivity index (χ1v) is 8.62. The molecule has 1 aliphatic rings. The molecular formula is C16H20N4O2S. The molecule has 0 radical (unpaired) electrons. The first kappa shape index (κ1) is 15.7. The van der Waals surface area contributed by atoms with E-state index in [9.17, 15) is 9.59 Å². The lowest BCUT2D eigenvalue weighted by atomic mass is 10.1. The number of aromatic nitrogens is 2. The normalized spacial score (nSPS) is 16.4. The van der Waals surface area contributed by atoms with Gasteiger partial charge in [0.15, 0.2) is 0 Å². The third-order valence-corrected chi connectivity index (χ3v) is 4.91. The third-order valence-electron chi connectivity index (χ3n) is 4.05. The van der Waals surface area contributed by atoms with Crippen LogP contribution < -0.4 is 0 Å². The number of carbonyl (C=O) groups excluding carboxylic acids is 2. The fourth-order valence-electron chi connectivity index (χ4n) is 2.76. The third kappa shape index (κ3) is 3.61. The molecule has 1 fully saturated rings. The smallest absolute Gasteiger partial charge is 0.264 e. The molecule has 0 aliphatic carbocycles. The van der Waals surface area contributed by atoms with E-state index in [1.165, 1.54) is 11.3 Å². The number of piperazine rings is 1. The van der Waals surface area contributed by atoms with E-state index in [1.54, 1.807) is 10.9 Å². The van der Waals surface area contributed by atoms with Crippen molar-refractivity contribution in [1.29, 1.82) is 0 Å². The Morgan fingerprint density at radius 2 is 1.96 bits per heavy atom. The molecule has 3 heterocycles. The molecule has 0 spiro atoms. The van der Waals surface area contributed by atoms with E-state index in [0.29, 0.717) is 32.7 Å². The Morgan fingerprint density at radius 3 is 2.57 bits per heavy atom. The van der Waals surface area contributed by atoms with Gasteiger partial charge in [0.1, 0.15) is 0 Å². The average Bonchev–Trinajstić information content (AvgIpc) is 3.27. The molecule has 2 aromatic rings. The molecule has 1 unspecified atom stereocenters. The molecule has 0 saturated carbocycles. The highest BCUT2D eigenvalue weighted by Crippen LogP contribution is 2.15. The zero-order valence-corrected chi connectivity index (χ0v) is 13.9. The molecule has 2 aromatic heterocycles. The second kappa shape index (κ2) is 6.95. The summed E-state index contributed by atoms with van der Waals surface area (Å²) in [4.78, 5) is 29.3. The van der Waals surface area contributed by atoms with Crippen LogP contribution in [0.15, 0.2) is 36.0 Å². The summed E-state index contributed by atoms with van der Waals surface area (Å²) in [6.45, 7) is 4.89. The first-order valence-electron chi connectivity index (χ1n) is 7.74. The Morgan fingerprint density at radius 1 is 1.22 bits per heavy atom. The summed E-state index contributed by atoms with van der Waals surface area (Å²) in [5, 5.41) is 6.05. The van der Waals surface area contributed by atoms with Gasteiger partial charge in [-0.3, -0.25) is 14.3 Å². The van der Waals surface area contributed by atoms with Crippen molar-refractivity contribution >= 4 is 23.2 Å². The Kier molecular flexibility index (Phi) is 4.76. The Bertz CT molecular complexity index is 646. The van der Waals surface area contributed by atoms with Crippen molar-refractivity contribution < 1.29 is 9.59 Å². The van der Waals surface area contributed by atoms with Crippen LogP contribution in [0.1, 0.15) is 16.6 Å². The van der Waals surface area contributed by atoms with Crippen molar-refractivity contribution in [2.75, 3.05) is 26.2 Å². The molecule has 0 aromatic carbocycles. The van der Waals surface area contributed by atoms with Crippen molar-refractivity contribution in [2.45, 2.75) is 13.5 Å². The molecule has 1 aliphatic heterocycles. The molecule has 0 bridgehead atoms. The average molecular weight is 332 g/mol. The van der Waals surface area contributed by atoms with E-state index in [-0.39, 0.29) is 17.7 Å². The van der Waals surface area contributed by atoms with Crippen molar-refractivity contribution in [1.82, 2.24) is 19.6 Å².